The summed E-state index contributed by atoms with van der Waals surface area (Å²) >= 11 is 0. The van der Waals surface area contributed by atoms with Crippen molar-refractivity contribution < 1.29 is 0 Å². The second-order valence-corrected chi connectivity index (χ2v) is 6.61. The average molecular weight is 290 g/mol. The van der Waals surface area contributed by atoms with Crippen LogP contribution in [-0.2, 0) is 6.54 Å². The van der Waals surface area contributed by atoms with Crippen molar-refractivity contribution >= 4 is 5.82 Å². The summed E-state index contributed by atoms with van der Waals surface area (Å²) in [7, 11) is 6.35. The SMILES string of the molecule is CNCc1c(C)cc(C)nc1N1CCC(CN(C)C)CC1. The molecule has 1 aliphatic rings. The normalized spacial score (nSPS) is 16.8. The standard InChI is InChI=1S/C17H30N4/c1-13-10-14(2)19-17(16(13)11-18-3)21-8-6-15(7-9-21)12-20(4)5/h10,15,18H,6-9,11-12H2,1-5H3. The van der Waals surface area contributed by atoms with Crippen LogP contribution in [0.4, 0.5) is 5.82 Å². The van der Waals surface area contributed by atoms with Gasteiger partial charge in [-0.05, 0) is 65.4 Å². The van der Waals surface area contributed by atoms with Crippen LogP contribution >= 0.6 is 0 Å². The molecule has 2 heterocycles. The van der Waals surface area contributed by atoms with Gasteiger partial charge in [0.25, 0.3) is 0 Å². The zero-order valence-electron chi connectivity index (χ0n) is 14.2. The van der Waals surface area contributed by atoms with Gasteiger partial charge >= 0.3 is 0 Å². The van der Waals surface area contributed by atoms with Crippen LogP contribution in [0.1, 0.15) is 29.7 Å². The van der Waals surface area contributed by atoms with Crippen molar-refractivity contribution in [1.82, 2.24) is 15.2 Å². The molecule has 0 amide bonds. The summed E-state index contributed by atoms with van der Waals surface area (Å²) in [5, 5.41) is 3.29. The molecule has 21 heavy (non-hydrogen) atoms. The molecule has 0 aliphatic carbocycles. The van der Waals surface area contributed by atoms with E-state index in [0.29, 0.717) is 0 Å². The number of pyridine rings is 1. The van der Waals surface area contributed by atoms with Gasteiger partial charge in [0.2, 0.25) is 0 Å². The Morgan fingerprint density at radius 3 is 2.52 bits per heavy atom. The Balaban J connectivity index is 2.12. The lowest BCUT2D eigenvalue weighted by Gasteiger charge is -2.35. The van der Waals surface area contributed by atoms with E-state index in [1.807, 2.05) is 7.05 Å². The van der Waals surface area contributed by atoms with Crippen LogP contribution in [-0.4, -0.2) is 50.7 Å². The Hall–Kier alpha value is -1.13. The van der Waals surface area contributed by atoms with Crippen LogP contribution in [0.15, 0.2) is 6.07 Å². The van der Waals surface area contributed by atoms with Crippen molar-refractivity contribution in [3.8, 4) is 0 Å². The molecule has 0 aromatic carbocycles. The molecular weight excluding hydrogens is 260 g/mol. The quantitative estimate of drug-likeness (QED) is 0.901. The van der Waals surface area contributed by atoms with E-state index in [0.717, 1.165) is 31.2 Å². The lowest BCUT2D eigenvalue weighted by molar-refractivity contribution is 0.284. The third kappa shape index (κ3) is 4.17. The molecule has 0 radical (unpaired) electrons. The predicted octanol–water partition coefficient (Wildman–Crippen LogP) is 2.20. The van der Waals surface area contributed by atoms with Crippen molar-refractivity contribution in [1.29, 1.82) is 0 Å². The highest BCUT2D eigenvalue weighted by atomic mass is 15.2. The molecule has 0 atom stereocenters. The summed E-state index contributed by atoms with van der Waals surface area (Å²) < 4.78 is 0. The highest BCUT2D eigenvalue weighted by Gasteiger charge is 2.23. The smallest absolute Gasteiger partial charge is 0.133 e. The first kappa shape index (κ1) is 16.2. The summed E-state index contributed by atoms with van der Waals surface area (Å²) in [5.74, 6) is 2.03. The van der Waals surface area contributed by atoms with E-state index in [-0.39, 0.29) is 0 Å². The molecular formula is C17H30N4. The molecule has 0 bridgehead atoms. The Kier molecular flexibility index (Phi) is 5.59. The molecule has 1 aromatic rings. The van der Waals surface area contributed by atoms with Gasteiger partial charge in [-0.25, -0.2) is 4.98 Å². The predicted molar refractivity (Wildman–Crippen MR) is 90.0 cm³/mol. The van der Waals surface area contributed by atoms with Gasteiger partial charge in [0, 0.05) is 37.4 Å². The fourth-order valence-electron chi connectivity index (χ4n) is 3.34. The Labute approximate surface area is 129 Å². The van der Waals surface area contributed by atoms with Gasteiger partial charge in [0.1, 0.15) is 5.82 Å². The first-order valence-electron chi connectivity index (χ1n) is 8.02. The van der Waals surface area contributed by atoms with Crippen molar-refractivity contribution in [3.63, 3.8) is 0 Å². The largest absolute Gasteiger partial charge is 0.356 e. The van der Waals surface area contributed by atoms with Gasteiger partial charge in [-0.1, -0.05) is 0 Å². The van der Waals surface area contributed by atoms with Crippen LogP contribution < -0.4 is 10.2 Å². The number of piperidine rings is 1. The van der Waals surface area contributed by atoms with E-state index in [2.05, 4.69) is 49.1 Å². The van der Waals surface area contributed by atoms with Gasteiger partial charge in [0.15, 0.2) is 0 Å². The molecule has 0 spiro atoms. The van der Waals surface area contributed by atoms with E-state index in [4.69, 9.17) is 4.98 Å². The maximum absolute atomic E-state index is 4.84. The zero-order valence-corrected chi connectivity index (χ0v) is 14.2. The van der Waals surface area contributed by atoms with Gasteiger partial charge in [0.05, 0.1) is 0 Å². The summed E-state index contributed by atoms with van der Waals surface area (Å²) in [6, 6.07) is 2.19. The average Bonchev–Trinajstić information content (AvgIpc) is 2.42. The molecule has 4 heteroatoms. The molecule has 1 N–H and O–H groups in total. The van der Waals surface area contributed by atoms with Crippen LogP contribution in [0, 0.1) is 19.8 Å². The number of nitrogens with one attached hydrogen (secondary N) is 1. The Bertz CT molecular complexity index is 462. The maximum Gasteiger partial charge on any atom is 0.133 e. The highest BCUT2D eigenvalue weighted by molar-refractivity contribution is 5.52. The number of nitrogens with zero attached hydrogens (tertiary/aromatic N) is 3. The zero-order chi connectivity index (χ0) is 15.4. The van der Waals surface area contributed by atoms with E-state index in [1.165, 1.54) is 36.3 Å². The van der Waals surface area contributed by atoms with Crippen LogP contribution in [0.5, 0.6) is 0 Å². The highest BCUT2D eigenvalue weighted by Crippen LogP contribution is 2.27. The van der Waals surface area contributed by atoms with Crippen molar-refractivity contribution in [2.45, 2.75) is 33.2 Å². The van der Waals surface area contributed by atoms with E-state index in [9.17, 15) is 0 Å². The number of hydrogen-bond donors (Lipinski definition) is 1. The monoisotopic (exact) mass is 290 g/mol. The summed E-state index contributed by atoms with van der Waals surface area (Å²) in [6.07, 6.45) is 2.54. The molecule has 1 fully saturated rings. The fourth-order valence-corrected chi connectivity index (χ4v) is 3.34. The van der Waals surface area contributed by atoms with Crippen LogP contribution in [0.3, 0.4) is 0 Å². The minimum atomic E-state index is 0.829. The summed E-state index contributed by atoms with van der Waals surface area (Å²) in [4.78, 5) is 9.63. The second-order valence-electron chi connectivity index (χ2n) is 6.61. The second kappa shape index (κ2) is 7.23. The molecule has 1 aromatic heterocycles. The third-order valence-corrected chi connectivity index (χ3v) is 4.34. The van der Waals surface area contributed by atoms with E-state index in [1.54, 1.807) is 0 Å². The number of hydrogen-bond acceptors (Lipinski definition) is 4. The fraction of sp³-hybridized carbons (Fsp3) is 0.706. The van der Waals surface area contributed by atoms with E-state index >= 15 is 0 Å². The van der Waals surface area contributed by atoms with Gasteiger partial charge in [-0.3, -0.25) is 0 Å². The van der Waals surface area contributed by atoms with Crippen LogP contribution in [0.2, 0.25) is 0 Å². The lowest BCUT2D eigenvalue weighted by Crippen LogP contribution is -2.38. The number of aryl methyl sites for hydroxylation is 2. The van der Waals surface area contributed by atoms with Crippen molar-refractivity contribution in [2.24, 2.45) is 5.92 Å². The molecule has 118 valence electrons. The lowest BCUT2D eigenvalue weighted by atomic mass is 9.95. The number of rotatable bonds is 5. The molecule has 2 rings (SSSR count). The minimum Gasteiger partial charge on any atom is -0.356 e. The van der Waals surface area contributed by atoms with Gasteiger partial charge in [-0.2, -0.15) is 0 Å². The molecule has 0 saturated carbocycles. The molecule has 1 aliphatic heterocycles. The van der Waals surface area contributed by atoms with Crippen molar-refractivity contribution in [2.75, 3.05) is 45.7 Å². The van der Waals surface area contributed by atoms with Crippen LogP contribution in [0.25, 0.3) is 0 Å². The Morgan fingerprint density at radius 1 is 1.29 bits per heavy atom. The van der Waals surface area contributed by atoms with E-state index < -0.39 is 0 Å². The Morgan fingerprint density at radius 2 is 1.95 bits per heavy atom. The first-order valence-corrected chi connectivity index (χ1v) is 8.02. The summed E-state index contributed by atoms with van der Waals surface area (Å²) in [5.41, 5.74) is 3.83. The maximum atomic E-state index is 4.84. The minimum absolute atomic E-state index is 0.829. The number of anilines is 1. The third-order valence-electron chi connectivity index (χ3n) is 4.34. The van der Waals surface area contributed by atoms with Gasteiger partial charge < -0.3 is 15.1 Å². The molecule has 1 saturated heterocycles. The number of aromatic nitrogens is 1. The summed E-state index contributed by atoms with van der Waals surface area (Å²) in [6.45, 7) is 8.65. The van der Waals surface area contributed by atoms with Gasteiger partial charge in [-0.15, -0.1) is 0 Å². The first-order chi connectivity index (χ1) is 10.0. The molecule has 0 unspecified atom stereocenters. The molecule has 4 nitrogen and oxygen atoms in total. The van der Waals surface area contributed by atoms with Crippen molar-refractivity contribution in [3.05, 3.63) is 22.9 Å². The topological polar surface area (TPSA) is 31.4 Å².